The fraction of sp³-hybridized carbons (Fsp3) is 0.556. The number of hydrogen-bond acceptors (Lipinski definition) is 3. The number of carbonyl (C=O) groups excluding carboxylic acids is 1. The summed E-state index contributed by atoms with van der Waals surface area (Å²) in [5.74, 6) is 0. The smallest absolute Gasteiger partial charge is 0.422 e. The first-order valence-corrected chi connectivity index (χ1v) is 4.82. The molecule has 1 aromatic rings. The van der Waals surface area contributed by atoms with Crippen LogP contribution in [0, 0.1) is 0 Å². The molecule has 96 valence electrons. The van der Waals surface area contributed by atoms with Crippen LogP contribution in [0.2, 0.25) is 0 Å². The van der Waals surface area contributed by atoms with Crippen LogP contribution in [0.4, 0.5) is 18.0 Å². The lowest BCUT2D eigenvalue weighted by molar-refractivity contribution is -0.160. The molecule has 0 aliphatic rings. The molecule has 0 saturated carbocycles. The molecule has 1 N–H and O–H groups in total. The molecule has 0 unspecified atom stereocenters. The van der Waals surface area contributed by atoms with Crippen LogP contribution in [-0.4, -0.2) is 34.5 Å². The van der Waals surface area contributed by atoms with Gasteiger partial charge in [0.2, 0.25) is 0 Å². The minimum absolute atomic E-state index is 0.357. The molecule has 5 nitrogen and oxygen atoms in total. The lowest BCUT2D eigenvalue weighted by Crippen LogP contribution is -2.37. The minimum Gasteiger partial charge on any atom is -0.440 e. The van der Waals surface area contributed by atoms with E-state index >= 15 is 0 Å². The summed E-state index contributed by atoms with van der Waals surface area (Å²) in [6.45, 7) is 0.465. The summed E-state index contributed by atoms with van der Waals surface area (Å²) in [5.41, 5.74) is 0. The minimum atomic E-state index is -4.51. The summed E-state index contributed by atoms with van der Waals surface area (Å²) < 4.78 is 40.9. The van der Waals surface area contributed by atoms with Crippen molar-refractivity contribution >= 4 is 6.09 Å². The maximum absolute atomic E-state index is 11.7. The maximum atomic E-state index is 11.7. The lowest BCUT2D eigenvalue weighted by atomic mass is 10.3. The van der Waals surface area contributed by atoms with Crippen molar-refractivity contribution in [3.8, 4) is 0 Å². The van der Waals surface area contributed by atoms with Crippen LogP contribution in [-0.2, 0) is 11.3 Å². The number of aromatic nitrogens is 2. The molecule has 1 rings (SSSR count). The van der Waals surface area contributed by atoms with Gasteiger partial charge in [-0.1, -0.05) is 0 Å². The lowest BCUT2D eigenvalue weighted by Gasteiger charge is -2.15. The zero-order valence-electron chi connectivity index (χ0n) is 9.07. The third kappa shape index (κ3) is 5.79. The summed E-state index contributed by atoms with van der Waals surface area (Å²) >= 11 is 0. The van der Waals surface area contributed by atoms with Crippen molar-refractivity contribution in [2.24, 2.45) is 0 Å². The highest BCUT2D eigenvalue weighted by atomic mass is 19.4. The van der Waals surface area contributed by atoms with Crippen LogP contribution in [0.15, 0.2) is 18.7 Å². The van der Waals surface area contributed by atoms with Crippen molar-refractivity contribution in [3.05, 3.63) is 18.7 Å². The number of ether oxygens (including phenoxy) is 1. The molecule has 17 heavy (non-hydrogen) atoms. The average Bonchev–Trinajstić information content (AvgIpc) is 2.66. The number of nitrogens with zero attached hydrogens (tertiary/aromatic N) is 2. The van der Waals surface area contributed by atoms with Crippen LogP contribution in [0.25, 0.3) is 0 Å². The van der Waals surface area contributed by atoms with Gasteiger partial charge in [-0.2, -0.15) is 13.2 Å². The average molecular weight is 251 g/mol. The van der Waals surface area contributed by atoms with Crippen molar-refractivity contribution in [1.82, 2.24) is 14.9 Å². The Balaban J connectivity index is 2.26. The predicted molar refractivity (Wildman–Crippen MR) is 52.2 cm³/mol. The molecule has 0 saturated heterocycles. The second kappa shape index (κ2) is 5.55. The van der Waals surface area contributed by atoms with Crippen LogP contribution in [0.3, 0.4) is 0 Å². The van der Waals surface area contributed by atoms with E-state index < -0.39 is 18.9 Å². The van der Waals surface area contributed by atoms with E-state index in [1.807, 2.05) is 0 Å². The van der Waals surface area contributed by atoms with Gasteiger partial charge in [0.1, 0.15) is 0 Å². The first-order chi connectivity index (χ1) is 7.87. The Labute approximate surface area is 95.6 Å². The Kier molecular flexibility index (Phi) is 4.36. The summed E-state index contributed by atoms with van der Waals surface area (Å²) in [5, 5.41) is 2.28. The van der Waals surface area contributed by atoms with Crippen LogP contribution >= 0.6 is 0 Å². The Morgan fingerprint density at radius 1 is 1.59 bits per heavy atom. The molecular formula is C9H12F3N3O2. The second-order valence-electron chi connectivity index (χ2n) is 3.50. The van der Waals surface area contributed by atoms with E-state index in [2.05, 4.69) is 15.0 Å². The molecule has 0 radical (unpaired) electrons. The topological polar surface area (TPSA) is 56.2 Å². The predicted octanol–water partition coefficient (Wildman–Crippen LogP) is 1.56. The van der Waals surface area contributed by atoms with E-state index in [0.29, 0.717) is 6.54 Å². The molecule has 1 aromatic heterocycles. The summed E-state index contributed by atoms with van der Waals surface area (Å²) in [6, 6.07) is -0.357. The molecule has 0 aliphatic heterocycles. The Morgan fingerprint density at radius 3 is 2.82 bits per heavy atom. The summed E-state index contributed by atoms with van der Waals surface area (Å²) in [6.07, 6.45) is -0.812. The van der Waals surface area contributed by atoms with Crippen LogP contribution in [0.1, 0.15) is 6.92 Å². The van der Waals surface area contributed by atoms with Gasteiger partial charge in [-0.05, 0) is 6.92 Å². The van der Waals surface area contributed by atoms with Crippen molar-refractivity contribution in [2.45, 2.75) is 25.7 Å². The van der Waals surface area contributed by atoms with E-state index in [1.165, 1.54) is 0 Å². The van der Waals surface area contributed by atoms with Gasteiger partial charge in [-0.25, -0.2) is 9.78 Å². The fourth-order valence-electron chi connectivity index (χ4n) is 1.15. The summed E-state index contributed by atoms with van der Waals surface area (Å²) in [7, 11) is 0. The Hall–Kier alpha value is -1.73. The van der Waals surface area contributed by atoms with Crippen molar-refractivity contribution < 1.29 is 22.7 Å². The van der Waals surface area contributed by atoms with Gasteiger partial charge in [0.15, 0.2) is 6.61 Å². The molecular weight excluding hydrogens is 239 g/mol. The zero-order valence-corrected chi connectivity index (χ0v) is 9.07. The van der Waals surface area contributed by atoms with Crippen molar-refractivity contribution in [2.75, 3.05) is 6.61 Å². The Morgan fingerprint density at radius 2 is 2.29 bits per heavy atom. The van der Waals surface area contributed by atoms with Crippen molar-refractivity contribution in [1.29, 1.82) is 0 Å². The van der Waals surface area contributed by atoms with Gasteiger partial charge in [-0.3, -0.25) is 0 Å². The fourth-order valence-corrected chi connectivity index (χ4v) is 1.15. The molecule has 0 fully saturated rings. The first-order valence-electron chi connectivity index (χ1n) is 4.82. The zero-order chi connectivity index (χ0) is 12.9. The number of imidazole rings is 1. The van der Waals surface area contributed by atoms with Crippen molar-refractivity contribution in [3.63, 3.8) is 0 Å². The van der Waals surface area contributed by atoms with Crippen LogP contribution < -0.4 is 5.32 Å². The van der Waals surface area contributed by atoms with Gasteiger partial charge in [-0.15, -0.1) is 0 Å². The van der Waals surface area contributed by atoms with E-state index in [9.17, 15) is 18.0 Å². The molecule has 0 aliphatic carbocycles. The molecule has 0 spiro atoms. The largest absolute Gasteiger partial charge is 0.440 e. The number of alkyl halides is 3. The molecule has 1 amide bonds. The van der Waals surface area contributed by atoms with Gasteiger partial charge in [0.25, 0.3) is 0 Å². The molecule has 0 bridgehead atoms. The maximum Gasteiger partial charge on any atom is 0.422 e. The molecule has 0 aromatic carbocycles. The van der Waals surface area contributed by atoms with Gasteiger partial charge < -0.3 is 14.6 Å². The number of alkyl carbamates (subject to hydrolysis) is 1. The van der Waals surface area contributed by atoms with Gasteiger partial charge in [0.05, 0.1) is 6.33 Å². The number of amides is 1. The Bertz CT molecular complexity index is 351. The number of hydrogen-bond donors (Lipinski definition) is 1. The summed E-state index contributed by atoms with van der Waals surface area (Å²) in [4.78, 5) is 14.8. The first kappa shape index (κ1) is 13.3. The highest BCUT2D eigenvalue weighted by molar-refractivity contribution is 5.67. The van der Waals surface area contributed by atoms with Gasteiger partial charge in [0, 0.05) is 25.0 Å². The van der Waals surface area contributed by atoms with E-state index in [1.54, 1.807) is 30.2 Å². The van der Waals surface area contributed by atoms with E-state index in [-0.39, 0.29) is 6.04 Å². The van der Waals surface area contributed by atoms with Gasteiger partial charge >= 0.3 is 12.3 Å². The monoisotopic (exact) mass is 251 g/mol. The third-order valence-electron chi connectivity index (χ3n) is 1.78. The highest BCUT2D eigenvalue weighted by Crippen LogP contribution is 2.14. The third-order valence-corrected chi connectivity index (χ3v) is 1.78. The number of carbonyl (C=O) groups is 1. The second-order valence-corrected chi connectivity index (χ2v) is 3.50. The highest BCUT2D eigenvalue weighted by Gasteiger charge is 2.29. The molecule has 1 atom stereocenters. The standard InChI is InChI=1S/C9H12F3N3O2/c1-7(4-15-3-2-13-6-15)14-8(16)17-5-9(10,11)12/h2-3,6-7H,4-5H2,1H3,(H,14,16)/t7-/m1/s1. The normalized spacial score (nSPS) is 13.2. The van der Waals surface area contributed by atoms with Crippen LogP contribution in [0.5, 0.6) is 0 Å². The quantitative estimate of drug-likeness (QED) is 0.883. The number of rotatable bonds is 4. The molecule has 1 heterocycles. The number of halogens is 3. The number of nitrogens with one attached hydrogen (secondary N) is 1. The molecule has 8 heteroatoms. The SMILES string of the molecule is C[C@H](Cn1ccnc1)NC(=O)OCC(F)(F)F. The van der Waals surface area contributed by atoms with E-state index in [0.717, 1.165) is 0 Å². The van der Waals surface area contributed by atoms with E-state index in [4.69, 9.17) is 0 Å².